The number of amides is 2. The number of morpholine rings is 1. The zero-order chi connectivity index (χ0) is 19.3. The van der Waals surface area contributed by atoms with Crippen molar-refractivity contribution in [1.29, 1.82) is 0 Å². The highest BCUT2D eigenvalue weighted by atomic mass is 16.5. The number of ether oxygens (including phenoxy) is 1. The lowest BCUT2D eigenvalue weighted by atomic mass is 10.1. The van der Waals surface area contributed by atoms with E-state index in [0.29, 0.717) is 19.7 Å². The second kappa shape index (κ2) is 6.74. The van der Waals surface area contributed by atoms with E-state index in [1.165, 1.54) is 0 Å². The molecule has 2 bridgehead atoms. The van der Waals surface area contributed by atoms with Crippen molar-refractivity contribution in [2.75, 3.05) is 42.6 Å². The van der Waals surface area contributed by atoms with Crippen molar-refractivity contribution in [1.82, 2.24) is 14.9 Å². The minimum absolute atomic E-state index is 0.0542. The number of nitrogens with zero attached hydrogens (tertiary/aromatic N) is 5. The van der Waals surface area contributed by atoms with Crippen molar-refractivity contribution in [2.45, 2.75) is 32.4 Å². The number of hydrogen-bond acceptors (Lipinski definition) is 5. The number of fused-ring (bicyclic) bond motifs is 4. The van der Waals surface area contributed by atoms with Gasteiger partial charge in [-0.05, 0) is 44.5 Å². The van der Waals surface area contributed by atoms with Crippen molar-refractivity contribution in [3.05, 3.63) is 36.2 Å². The minimum atomic E-state index is 0.0542. The van der Waals surface area contributed by atoms with Crippen LogP contribution >= 0.6 is 0 Å². The van der Waals surface area contributed by atoms with E-state index in [9.17, 15) is 4.79 Å². The SMILES string of the molecule is Cc1cc(-c2ccc3c(n2)N(C(=O)N2CCOC(C)C2)[C@H]2CCN3C2)ccn1. The molecule has 7 heteroatoms. The van der Waals surface area contributed by atoms with Crippen LogP contribution in [0, 0.1) is 6.92 Å². The standard InChI is InChI=1S/C21H25N5O2/c1-14-11-16(5-7-22-14)18-3-4-19-20(23-18)26(17-6-8-24(19)13-17)21(27)25-9-10-28-15(2)12-25/h3-5,7,11,15,17H,6,8-10,12-13H2,1-2H3/t15?,17-/m0/s1. The summed E-state index contributed by atoms with van der Waals surface area (Å²) in [7, 11) is 0. The molecule has 0 saturated carbocycles. The molecule has 2 fully saturated rings. The minimum Gasteiger partial charge on any atom is -0.375 e. The molecule has 28 heavy (non-hydrogen) atoms. The molecule has 3 aliphatic rings. The molecule has 5 rings (SSSR count). The van der Waals surface area contributed by atoms with Crippen LogP contribution < -0.4 is 9.80 Å². The summed E-state index contributed by atoms with van der Waals surface area (Å²) in [5, 5.41) is 0. The number of anilines is 2. The molecule has 5 heterocycles. The van der Waals surface area contributed by atoms with Gasteiger partial charge >= 0.3 is 6.03 Å². The van der Waals surface area contributed by atoms with E-state index in [1.807, 2.05) is 41.8 Å². The Labute approximate surface area is 164 Å². The molecule has 0 radical (unpaired) electrons. The van der Waals surface area contributed by atoms with Gasteiger partial charge in [0.2, 0.25) is 0 Å². The fraction of sp³-hybridized carbons (Fsp3) is 0.476. The molecule has 2 atom stereocenters. The first-order chi connectivity index (χ1) is 13.6. The van der Waals surface area contributed by atoms with Crippen LogP contribution in [-0.4, -0.2) is 65.8 Å². The van der Waals surface area contributed by atoms with E-state index in [1.54, 1.807) is 6.20 Å². The van der Waals surface area contributed by atoms with Crippen molar-refractivity contribution >= 4 is 17.5 Å². The molecular weight excluding hydrogens is 354 g/mol. The molecule has 2 aromatic rings. The first-order valence-corrected chi connectivity index (χ1v) is 9.99. The Morgan fingerprint density at radius 1 is 1.21 bits per heavy atom. The number of carbonyl (C=O) groups excluding carboxylic acids is 1. The van der Waals surface area contributed by atoms with Crippen LogP contribution in [0.4, 0.5) is 16.3 Å². The first-order valence-electron chi connectivity index (χ1n) is 9.99. The topological polar surface area (TPSA) is 61.8 Å². The van der Waals surface area contributed by atoms with Gasteiger partial charge in [0, 0.05) is 43.6 Å². The van der Waals surface area contributed by atoms with E-state index in [-0.39, 0.29) is 18.2 Å². The van der Waals surface area contributed by atoms with E-state index in [4.69, 9.17) is 9.72 Å². The highest BCUT2D eigenvalue weighted by Crippen LogP contribution is 2.40. The van der Waals surface area contributed by atoms with Gasteiger partial charge in [-0.3, -0.25) is 9.88 Å². The van der Waals surface area contributed by atoms with E-state index >= 15 is 0 Å². The number of aryl methyl sites for hydroxylation is 1. The maximum Gasteiger partial charge on any atom is 0.326 e. The average molecular weight is 379 g/mol. The van der Waals surface area contributed by atoms with Crippen LogP contribution in [0.3, 0.4) is 0 Å². The summed E-state index contributed by atoms with van der Waals surface area (Å²) in [6.45, 7) is 7.70. The van der Waals surface area contributed by atoms with Gasteiger partial charge in [0.1, 0.15) is 0 Å². The van der Waals surface area contributed by atoms with Crippen LogP contribution in [0.25, 0.3) is 11.3 Å². The zero-order valence-electron chi connectivity index (χ0n) is 16.3. The van der Waals surface area contributed by atoms with Gasteiger partial charge in [-0.15, -0.1) is 0 Å². The van der Waals surface area contributed by atoms with Crippen molar-refractivity contribution in [3.63, 3.8) is 0 Å². The zero-order valence-corrected chi connectivity index (χ0v) is 16.3. The summed E-state index contributed by atoms with van der Waals surface area (Å²) in [6.07, 6.45) is 2.85. The summed E-state index contributed by atoms with van der Waals surface area (Å²) in [5.74, 6) is 0.782. The van der Waals surface area contributed by atoms with Crippen LogP contribution in [0.2, 0.25) is 0 Å². The van der Waals surface area contributed by atoms with Crippen LogP contribution in [0.1, 0.15) is 19.0 Å². The van der Waals surface area contributed by atoms with Crippen molar-refractivity contribution in [2.24, 2.45) is 0 Å². The van der Waals surface area contributed by atoms with E-state index < -0.39 is 0 Å². The number of urea groups is 1. The fourth-order valence-corrected chi connectivity index (χ4v) is 4.47. The number of aromatic nitrogens is 2. The van der Waals surface area contributed by atoms with Crippen LogP contribution in [0.5, 0.6) is 0 Å². The van der Waals surface area contributed by atoms with Crippen molar-refractivity contribution in [3.8, 4) is 11.3 Å². The highest BCUT2D eigenvalue weighted by molar-refractivity contribution is 5.97. The predicted molar refractivity (Wildman–Crippen MR) is 108 cm³/mol. The maximum absolute atomic E-state index is 13.5. The number of rotatable bonds is 1. The number of hydrogen-bond donors (Lipinski definition) is 0. The van der Waals surface area contributed by atoms with Gasteiger partial charge < -0.3 is 14.5 Å². The average Bonchev–Trinajstić information content (AvgIpc) is 3.12. The summed E-state index contributed by atoms with van der Waals surface area (Å²) in [5.41, 5.74) is 3.91. The fourth-order valence-electron chi connectivity index (χ4n) is 4.47. The van der Waals surface area contributed by atoms with Gasteiger partial charge in [-0.25, -0.2) is 9.78 Å². The van der Waals surface area contributed by atoms with Crippen LogP contribution in [-0.2, 0) is 4.74 Å². The monoisotopic (exact) mass is 379 g/mol. The van der Waals surface area contributed by atoms with Crippen LogP contribution in [0.15, 0.2) is 30.5 Å². The lowest BCUT2D eigenvalue weighted by molar-refractivity contribution is -0.00265. The molecule has 146 valence electrons. The van der Waals surface area contributed by atoms with Gasteiger partial charge in [0.05, 0.1) is 30.1 Å². The molecule has 7 nitrogen and oxygen atoms in total. The predicted octanol–water partition coefficient (Wildman–Crippen LogP) is 2.69. The molecular formula is C21H25N5O2. The molecule has 0 aliphatic carbocycles. The van der Waals surface area contributed by atoms with E-state index in [2.05, 4.69) is 16.0 Å². The Morgan fingerprint density at radius 3 is 2.93 bits per heavy atom. The lowest BCUT2D eigenvalue weighted by Crippen LogP contribution is -2.55. The molecule has 2 aromatic heterocycles. The highest BCUT2D eigenvalue weighted by Gasteiger charge is 2.42. The summed E-state index contributed by atoms with van der Waals surface area (Å²) >= 11 is 0. The Bertz CT molecular complexity index is 917. The Kier molecular flexibility index (Phi) is 4.19. The molecule has 0 spiro atoms. The van der Waals surface area contributed by atoms with Crippen molar-refractivity contribution < 1.29 is 9.53 Å². The van der Waals surface area contributed by atoms with Gasteiger partial charge in [0.25, 0.3) is 0 Å². The molecule has 0 aromatic carbocycles. The largest absolute Gasteiger partial charge is 0.375 e. The second-order valence-electron chi connectivity index (χ2n) is 7.89. The quantitative estimate of drug-likeness (QED) is 0.762. The summed E-state index contributed by atoms with van der Waals surface area (Å²) < 4.78 is 5.62. The number of pyridine rings is 2. The second-order valence-corrected chi connectivity index (χ2v) is 7.89. The lowest BCUT2D eigenvalue weighted by Gasteiger charge is -2.40. The Hall–Kier alpha value is -2.67. The number of carbonyl (C=O) groups is 1. The van der Waals surface area contributed by atoms with Gasteiger partial charge in [0.15, 0.2) is 5.82 Å². The van der Waals surface area contributed by atoms with E-state index in [0.717, 1.165) is 48.0 Å². The maximum atomic E-state index is 13.5. The third-order valence-electron chi connectivity index (χ3n) is 5.86. The first kappa shape index (κ1) is 17.4. The molecule has 2 saturated heterocycles. The summed E-state index contributed by atoms with van der Waals surface area (Å²) in [4.78, 5) is 28.9. The Balaban J connectivity index is 1.55. The molecule has 3 aliphatic heterocycles. The Morgan fingerprint density at radius 2 is 2.11 bits per heavy atom. The third-order valence-corrected chi connectivity index (χ3v) is 5.86. The van der Waals surface area contributed by atoms with Gasteiger partial charge in [-0.2, -0.15) is 0 Å². The normalized spacial score (nSPS) is 23.7. The molecule has 1 unspecified atom stereocenters. The molecule has 2 amide bonds. The smallest absolute Gasteiger partial charge is 0.326 e. The molecule has 0 N–H and O–H groups in total. The summed E-state index contributed by atoms with van der Waals surface area (Å²) in [6, 6.07) is 8.39. The van der Waals surface area contributed by atoms with Gasteiger partial charge in [-0.1, -0.05) is 0 Å². The third kappa shape index (κ3) is 2.90.